The van der Waals surface area contributed by atoms with E-state index in [2.05, 4.69) is 0 Å². The Labute approximate surface area is 136 Å². The van der Waals surface area contributed by atoms with Gasteiger partial charge in [-0.05, 0) is 19.1 Å². The van der Waals surface area contributed by atoms with E-state index in [4.69, 9.17) is 4.74 Å². The molecule has 0 heterocycles. The first kappa shape index (κ1) is 18.6. The Morgan fingerprint density at radius 3 is 1.72 bits per heavy atom. The fraction of sp³-hybridized carbons (Fsp3) is 0.200. The average Bonchev–Trinajstić information content (AvgIpc) is 2.47. The summed E-state index contributed by atoms with van der Waals surface area (Å²) in [5, 5.41) is 10.7. The first-order chi connectivity index (χ1) is 11.4. The third kappa shape index (κ3) is 4.20. The summed E-state index contributed by atoms with van der Waals surface area (Å²) in [6.07, 6.45) is -10.6. The molecule has 25 heavy (non-hydrogen) atoms. The molecule has 0 atom stereocenters. The Kier molecular flexibility index (Phi) is 4.65. The number of nitrogens with zero attached hydrogens (tertiary/aromatic N) is 1. The van der Waals surface area contributed by atoms with Crippen molar-refractivity contribution in [3.05, 3.63) is 63.2 Å². The number of aryl methyl sites for hydroxylation is 1. The van der Waals surface area contributed by atoms with Crippen molar-refractivity contribution in [2.45, 2.75) is 19.3 Å². The van der Waals surface area contributed by atoms with Gasteiger partial charge in [0.2, 0.25) is 0 Å². The maximum Gasteiger partial charge on any atom is 0.420 e. The lowest BCUT2D eigenvalue weighted by atomic mass is 10.1. The molecule has 0 saturated carbocycles. The Hall–Kier alpha value is -2.78. The second-order valence-electron chi connectivity index (χ2n) is 5.04. The highest BCUT2D eigenvalue weighted by atomic mass is 19.4. The lowest BCUT2D eigenvalue weighted by molar-refractivity contribution is -0.385. The van der Waals surface area contributed by atoms with Gasteiger partial charge in [0.15, 0.2) is 5.75 Å². The monoisotopic (exact) mass is 365 g/mol. The number of nitro benzene ring substituents is 1. The van der Waals surface area contributed by atoms with Gasteiger partial charge in [0.05, 0.1) is 4.92 Å². The number of non-ortho nitro benzene ring substituents is 1. The van der Waals surface area contributed by atoms with Crippen molar-refractivity contribution in [1.82, 2.24) is 0 Å². The standard InChI is InChI=1S/C15H9F6NO3/c1-8-2-4-10(5-3-8)25-13-11(14(16,17)18)6-9(22(23)24)7-12(13)15(19,20)21/h2-7H,1H3. The predicted molar refractivity (Wildman–Crippen MR) is 74.4 cm³/mol. The van der Waals surface area contributed by atoms with E-state index in [0.29, 0.717) is 5.56 Å². The number of nitro groups is 1. The number of ether oxygens (including phenoxy) is 1. The van der Waals surface area contributed by atoms with Crippen molar-refractivity contribution in [1.29, 1.82) is 0 Å². The molecule has 134 valence electrons. The van der Waals surface area contributed by atoms with Crippen LogP contribution in [0.3, 0.4) is 0 Å². The summed E-state index contributed by atoms with van der Waals surface area (Å²) in [5.74, 6) is -1.80. The minimum Gasteiger partial charge on any atom is -0.456 e. The van der Waals surface area contributed by atoms with Crippen molar-refractivity contribution in [3.8, 4) is 11.5 Å². The summed E-state index contributed by atoms with van der Waals surface area (Å²) in [6.45, 7) is 1.66. The molecule has 0 bridgehead atoms. The Bertz CT molecular complexity index is 761. The Balaban J connectivity index is 2.73. The number of benzene rings is 2. The molecule has 0 aromatic heterocycles. The molecule has 0 amide bonds. The van der Waals surface area contributed by atoms with Gasteiger partial charge in [-0.1, -0.05) is 17.7 Å². The molecule has 0 aliphatic rings. The van der Waals surface area contributed by atoms with Crippen LogP contribution in [-0.4, -0.2) is 4.92 Å². The molecule has 0 radical (unpaired) electrons. The SMILES string of the molecule is Cc1ccc(Oc2c(C(F)(F)F)cc([N+](=O)[O-])cc2C(F)(F)F)cc1. The van der Waals surface area contributed by atoms with Crippen LogP contribution in [0.2, 0.25) is 0 Å². The fourth-order valence-electron chi connectivity index (χ4n) is 1.97. The molecular formula is C15H9F6NO3. The van der Waals surface area contributed by atoms with Gasteiger partial charge in [-0.15, -0.1) is 0 Å². The summed E-state index contributed by atoms with van der Waals surface area (Å²) in [4.78, 5) is 9.36. The summed E-state index contributed by atoms with van der Waals surface area (Å²) in [7, 11) is 0. The summed E-state index contributed by atoms with van der Waals surface area (Å²) in [6, 6.07) is 5.27. The van der Waals surface area contributed by atoms with Gasteiger partial charge >= 0.3 is 12.4 Å². The van der Waals surface area contributed by atoms with Crippen LogP contribution in [0.4, 0.5) is 32.0 Å². The largest absolute Gasteiger partial charge is 0.456 e. The minimum absolute atomic E-state index is 0.0127. The van der Waals surface area contributed by atoms with Crippen molar-refractivity contribution in [3.63, 3.8) is 0 Å². The molecular weight excluding hydrogens is 356 g/mol. The molecule has 0 saturated heterocycles. The highest BCUT2D eigenvalue weighted by Crippen LogP contribution is 2.47. The molecule has 2 aromatic rings. The van der Waals surface area contributed by atoms with E-state index in [9.17, 15) is 36.5 Å². The number of alkyl halides is 6. The summed E-state index contributed by atoms with van der Waals surface area (Å²) in [5.41, 5.74) is -4.39. The number of rotatable bonds is 3. The van der Waals surface area contributed by atoms with Crippen LogP contribution >= 0.6 is 0 Å². The molecule has 2 rings (SSSR count). The van der Waals surface area contributed by atoms with Crippen molar-refractivity contribution in [2.75, 3.05) is 0 Å². The zero-order valence-electron chi connectivity index (χ0n) is 12.4. The first-order valence-corrected chi connectivity index (χ1v) is 6.61. The minimum atomic E-state index is -5.29. The third-order valence-corrected chi connectivity index (χ3v) is 3.14. The Morgan fingerprint density at radius 1 is 0.920 bits per heavy atom. The van der Waals surface area contributed by atoms with E-state index in [-0.39, 0.29) is 17.9 Å². The molecule has 2 aromatic carbocycles. The van der Waals surface area contributed by atoms with E-state index in [1.165, 1.54) is 24.3 Å². The normalized spacial score (nSPS) is 12.1. The van der Waals surface area contributed by atoms with Gasteiger partial charge in [-0.25, -0.2) is 0 Å². The third-order valence-electron chi connectivity index (χ3n) is 3.14. The maximum atomic E-state index is 13.2. The number of hydrogen-bond donors (Lipinski definition) is 0. The molecule has 0 unspecified atom stereocenters. The maximum absolute atomic E-state index is 13.2. The Morgan fingerprint density at radius 2 is 1.36 bits per heavy atom. The molecule has 0 aliphatic heterocycles. The van der Waals surface area contributed by atoms with E-state index in [1.54, 1.807) is 6.92 Å². The highest BCUT2D eigenvalue weighted by molar-refractivity contribution is 5.54. The zero-order valence-corrected chi connectivity index (χ0v) is 12.4. The van der Waals surface area contributed by atoms with Gasteiger partial charge in [0, 0.05) is 12.1 Å². The topological polar surface area (TPSA) is 52.4 Å². The van der Waals surface area contributed by atoms with E-state index >= 15 is 0 Å². The second kappa shape index (κ2) is 6.26. The number of halogens is 6. The van der Waals surface area contributed by atoms with Crippen LogP contribution < -0.4 is 4.74 Å². The quantitative estimate of drug-likeness (QED) is 0.396. The molecule has 4 nitrogen and oxygen atoms in total. The van der Waals surface area contributed by atoms with E-state index in [1.807, 2.05) is 0 Å². The van der Waals surface area contributed by atoms with Crippen molar-refractivity contribution < 1.29 is 36.0 Å². The van der Waals surface area contributed by atoms with Crippen molar-refractivity contribution >= 4 is 5.69 Å². The fourth-order valence-corrected chi connectivity index (χ4v) is 1.97. The zero-order chi connectivity index (χ0) is 19.0. The van der Waals surface area contributed by atoms with Crippen LogP contribution in [0, 0.1) is 17.0 Å². The highest BCUT2D eigenvalue weighted by Gasteiger charge is 2.44. The van der Waals surface area contributed by atoms with Crippen LogP contribution in [0.15, 0.2) is 36.4 Å². The van der Waals surface area contributed by atoms with Gasteiger partial charge in [0.1, 0.15) is 16.9 Å². The molecule has 10 heteroatoms. The smallest absolute Gasteiger partial charge is 0.420 e. The van der Waals surface area contributed by atoms with Gasteiger partial charge in [-0.3, -0.25) is 10.1 Å². The molecule has 0 spiro atoms. The average molecular weight is 365 g/mol. The van der Waals surface area contributed by atoms with Crippen LogP contribution in [0.25, 0.3) is 0 Å². The van der Waals surface area contributed by atoms with Gasteiger partial charge in [-0.2, -0.15) is 26.3 Å². The first-order valence-electron chi connectivity index (χ1n) is 6.61. The lowest BCUT2D eigenvalue weighted by Crippen LogP contribution is -2.15. The molecule has 0 N–H and O–H groups in total. The van der Waals surface area contributed by atoms with Crippen LogP contribution in [0.5, 0.6) is 11.5 Å². The molecule has 0 aliphatic carbocycles. The van der Waals surface area contributed by atoms with Gasteiger partial charge in [0.25, 0.3) is 5.69 Å². The predicted octanol–water partition coefficient (Wildman–Crippen LogP) is 5.73. The summed E-state index contributed by atoms with van der Waals surface area (Å²) < 4.78 is 83.8. The van der Waals surface area contributed by atoms with Gasteiger partial charge < -0.3 is 4.74 Å². The van der Waals surface area contributed by atoms with E-state index in [0.717, 1.165) is 0 Å². The van der Waals surface area contributed by atoms with Crippen molar-refractivity contribution in [2.24, 2.45) is 0 Å². The second-order valence-corrected chi connectivity index (χ2v) is 5.04. The van der Waals surface area contributed by atoms with E-state index < -0.39 is 39.8 Å². The molecule has 0 fully saturated rings. The van der Waals surface area contributed by atoms with Crippen LogP contribution in [0.1, 0.15) is 16.7 Å². The lowest BCUT2D eigenvalue weighted by Gasteiger charge is -2.19. The van der Waals surface area contributed by atoms with Crippen LogP contribution in [-0.2, 0) is 12.4 Å². The number of hydrogen-bond acceptors (Lipinski definition) is 3. The summed E-state index contributed by atoms with van der Waals surface area (Å²) >= 11 is 0.